The van der Waals surface area contributed by atoms with Gasteiger partial charge < -0.3 is 14.8 Å². The van der Waals surface area contributed by atoms with Crippen LogP contribution in [0.2, 0.25) is 0 Å². The van der Waals surface area contributed by atoms with Gasteiger partial charge in [-0.2, -0.15) is 0 Å². The molecule has 0 saturated heterocycles. The zero-order valence-electron chi connectivity index (χ0n) is 14.0. The summed E-state index contributed by atoms with van der Waals surface area (Å²) in [5, 5.41) is 3.38. The van der Waals surface area contributed by atoms with Gasteiger partial charge in [0.05, 0.1) is 12.7 Å². The van der Waals surface area contributed by atoms with Crippen LogP contribution in [-0.2, 0) is 9.47 Å². The van der Waals surface area contributed by atoms with E-state index in [4.69, 9.17) is 9.47 Å². The normalized spacial score (nSPS) is 27.1. The van der Waals surface area contributed by atoms with Crippen molar-refractivity contribution in [2.24, 2.45) is 17.8 Å². The van der Waals surface area contributed by atoms with Crippen LogP contribution in [0.25, 0.3) is 0 Å². The third kappa shape index (κ3) is 7.05. The van der Waals surface area contributed by atoms with Crippen LogP contribution in [-0.4, -0.2) is 39.5 Å². The Morgan fingerprint density at radius 1 is 1.10 bits per heavy atom. The van der Waals surface area contributed by atoms with Crippen molar-refractivity contribution in [3.8, 4) is 0 Å². The van der Waals surface area contributed by atoms with E-state index in [0.717, 1.165) is 50.5 Å². The van der Waals surface area contributed by atoms with E-state index in [9.17, 15) is 0 Å². The molecule has 3 nitrogen and oxygen atoms in total. The van der Waals surface area contributed by atoms with Crippen molar-refractivity contribution in [3.63, 3.8) is 0 Å². The molecule has 1 rings (SSSR count). The van der Waals surface area contributed by atoms with E-state index in [1.807, 2.05) is 0 Å². The molecule has 0 spiro atoms. The maximum atomic E-state index is 6.20. The summed E-state index contributed by atoms with van der Waals surface area (Å²) in [6.45, 7) is 10.8. The van der Waals surface area contributed by atoms with Gasteiger partial charge in [-0.25, -0.2) is 0 Å². The molecule has 0 bridgehead atoms. The molecule has 1 fully saturated rings. The maximum Gasteiger partial charge on any atom is 0.0608 e. The third-order valence-electron chi connectivity index (χ3n) is 4.52. The fourth-order valence-corrected chi connectivity index (χ4v) is 3.19. The maximum absolute atomic E-state index is 6.20. The zero-order chi connectivity index (χ0) is 14.8. The predicted molar refractivity (Wildman–Crippen MR) is 85.1 cm³/mol. The predicted octanol–water partition coefficient (Wildman–Crippen LogP) is 3.48. The van der Waals surface area contributed by atoms with Crippen LogP contribution in [0.4, 0.5) is 0 Å². The van der Waals surface area contributed by atoms with Crippen molar-refractivity contribution in [2.45, 2.75) is 59.0 Å². The largest absolute Gasteiger partial charge is 0.383 e. The molecule has 0 amide bonds. The van der Waals surface area contributed by atoms with Crippen LogP contribution in [0.1, 0.15) is 52.9 Å². The van der Waals surface area contributed by atoms with E-state index in [-0.39, 0.29) is 0 Å². The summed E-state index contributed by atoms with van der Waals surface area (Å²) in [7, 11) is 1.74. The van der Waals surface area contributed by atoms with Gasteiger partial charge in [-0.05, 0) is 50.0 Å². The first-order valence-electron chi connectivity index (χ1n) is 8.46. The second kappa shape index (κ2) is 10.6. The minimum absolute atomic E-state index is 0.500. The van der Waals surface area contributed by atoms with Gasteiger partial charge in [-0.15, -0.1) is 0 Å². The van der Waals surface area contributed by atoms with E-state index >= 15 is 0 Å². The second-order valence-corrected chi connectivity index (χ2v) is 6.69. The number of hydrogen-bond acceptors (Lipinski definition) is 3. The molecular weight excluding hydrogens is 250 g/mol. The molecule has 0 aromatic heterocycles. The standard InChI is InChI=1S/C17H35NO2/c1-14(2)16-8-7-15(3)13-17(16)20-11-6-5-9-18-10-12-19-4/h14-18H,5-13H2,1-4H3. The molecule has 0 heterocycles. The first-order chi connectivity index (χ1) is 9.65. The van der Waals surface area contributed by atoms with Crippen LogP contribution < -0.4 is 5.32 Å². The van der Waals surface area contributed by atoms with Crippen LogP contribution >= 0.6 is 0 Å². The van der Waals surface area contributed by atoms with Crippen molar-refractivity contribution < 1.29 is 9.47 Å². The Morgan fingerprint density at radius 3 is 2.60 bits per heavy atom. The number of rotatable bonds is 10. The van der Waals surface area contributed by atoms with Crippen molar-refractivity contribution in [3.05, 3.63) is 0 Å². The molecule has 3 unspecified atom stereocenters. The Bertz CT molecular complexity index is 233. The second-order valence-electron chi connectivity index (χ2n) is 6.69. The van der Waals surface area contributed by atoms with E-state index in [1.165, 1.54) is 25.7 Å². The monoisotopic (exact) mass is 285 g/mol. The fraction of sp³-hybridized carbons (Fsp3) is 1.00. The lowest BCUT2D eigenvalue weighted by Crippen LogP contribution is -2.34. The number of hydrogen-bond donors (Lipinski definition) is 1. The van der Waals surface area contributed by atoms with Gasteiger partial charge in [0.25, 0.3) is 0 Å². The van der Waals surface area contributed by atoms with Gasteiger partial charge in [0.1, 0.15) is 0 Å². The Labute approximate surface area is 125 Å². The Hall–Kier alpha value is -0.120. The van der Waals surface area contributed by atoms with E-state index < -0.39 is 0 Å². The smallest absolute Gasteiger partial charge is 0.0608 e. The summed E-state index contributed by atoms with van der Waals surface area (Å²) in [6.07, 6.45) is 6.84. The molecule has 1 aliphatic carbocycles. The van der Waals surface area contributed by atoms with Crippen molar-refractivity contribution in [1.82, 2.24) is 5.32 Å². The zero-order valence-corrected chi connectivity index (χ0v) is 14.0. The van der Waals surface area contributed by atoms with Crippen molar-refractivity contribution in [2.75, 3.05) is 33.4 Å². The van der Waals surface area contributed by atoms with E-state index in [2.05, 4.69) is 26.1 Å². The fourth-order valence-electron chi connectivity index (χ4n) is 3.19. The highest BCUT2D eigenvalue weighted by molar-refractivity contribution is 4.81. The average Bonchev–Trinajstić information content (AvgIpc) is 2.41. The summed E-state index contributed by atoms with van der Waals surface area (Å²) < 4.78 is 11.2. The van der Waals surface area contributed by atoms with Crippen LogP contribution in [0.15, 0.2) is 0 Å². The lowest BCUT2D eigenvalue weighted by atomic mass is 9.75. The van der Waals surface area contributed by atoms with Crippen molar-refractivity contribution in [1.29, 1.82) is 0 Å². The first-order valence-corrected chi connectivity index (χ1v) is 8.46. The highest BCUT2D eigenvalue weighted by atomic mass is 16.5. The SMILES string of the molecule is COCCNCCCCOC1CC(C)CCC1C(C)C. The molecule has 0 radical (unpaired) electrons. The van der Waals surface area contributed by atoms with Crippen LogP contribution in [0.5, 0.6) is 0 Å². The van der Waals surface area contributed by atoms with Gasteiger partial charge >= 0.3 is 0 Å². The van der Waals surface area contributed by atoms with Crippen LogP contribution in [0.3, 0.4) is 0 Å². The van der Waals surface area contributed by atoms with Gasteiger partial charge in [0.15, 0.2) is 0 Å². The molecule has 3 heteroatoms. The molecule has 1 aliphatic rings. The number of unbranched alkanes of at least 4 members (excludes halogenated alkanes) is 1. The van der Waals surface area contributed by atoms with Gasteiger partial charge in [-0.3, -0.25) is 0 Å². The van der Waals surface area contributed by atoms with Crippen molar-refractivity contribution >= 4 is 0 Å². The Balaban J connectivity index is 2.09. The quantitative estimate of drug-likeness (QED) is 0.623. The topological polar surface area (TPSA) is 30.5 Å². The average molecular weight is 285 g/mol. The molecule has 1 saturated carbocycles. The Kier molecular flexibility index (Phi) is 9.49. The molecule has 0 aliphatic heterocycles. The molecule has 1 N–H and O–H groups in total. The highest BCUT2D eigenvalue weighted by Gasteiger charge is 2.31. The van der Waals surface area contributed by atoms with E-state index in [0.29, 0.717) is 6.10 Å². The molecule has 0 aromatic carbocycles. The highest BCUT2D eigenvalue weighted by Crippen LogP contribution is 2.35. The third-order valence-corrected chi connectivity index (χ3v) is 4.52. The number of methoxy groups -OCH3 is 1. The molecule has 0 aromatic rings. The molecule has 3 atom stereocenters. The van der Waals surface area contributed by atoms with Gasteiger partial charge in [0.2, 0.25) is 0 Å². The first kappa shape index (κ1) is 17.9. The summed E-state index contributed by atoms with van der Waals surface area (Å²) in [6, 6.07) is 0. The van der Waals surface area contributed by atoms with E-state index in [1.54, 1.807) is 7.11 Å². The summed E-state index contributed by atoms with van der Waals surface area (Å²) in [5.41, 5.74) is 0. The number of ether oxygens (including phenoxy) is 2. The lowest BCUT2D eigenvalue weighted by molar-refractivity contribution is -0.0393. The Morgan fingerprint density at radius 2 is 1.90 bits per heavy atom. The lowest BCUT2D eigenvalue weighted by Gasteiger charge is -2.37. The number of nitrogens with one attached hydrogen (secondary N) is 1. The van der Waals surface area contributed by atoms with Gasteiger partial charge in [-0.1, -0.05) is 27.2 Å². The molecule has 20 heavy (non-hydrogen) atoms. The molecular formula is C17H35NO2. The minimum atomic E-state index is 0.500. The molecule has 120 valence electrons. The van der Waals surface area contributed by atoms with Crippen LogP contribution in [0, 0.1) is 17.8 Å². The summed E-state index contributed by atoms with van der Waals surface area (Å²) in [4.78, 5) is 0. The minimum Gasteiger partial charge on any atom is -0.383 e. The van der Waals surface area contributed by atoms with Gasteiger partial charge in [0, 0.05) is 20.3 Å². The summed E-state index contributed by atoms with van der Waals surface area (Å²) in [5.74, 6) is 2.36. The summed E-state index contributed by atoms with van der Waals surface area (Å²) >= 11 is 0.